The van der Waals surface area contributed by atoms with Crippen LogP contribution in [0, 0.1) is 0 Å². The molecule has 1 unspecified atom stereocenters. The van der Waals surface area contributed by atoms with E-state index in [0.29, 0.717) is 10.8 Å². The minimum Gasteiger partial charge on any atom is -0.392 e. The molecule has 0 bridgehead atoms. The Balaban J connectivity index is 2.16. The van der Waals surface area contributed by atoms with E-state index in [-0.39, 0.29) is 12.5 Å². The maximum Gasteiger partial charge on any atom is 0.246 e. The lowest BCUT2D eigenvalue weighted by atomic mass is 10.3. The number of aliphatic hydroxyl groups excluding tert-OH is 1. The van der Waals surface area contributed by atoms with Crippen LogP contribution in [-0.4, -0.2) is 45.0 Å². The molecule has 5 nitrogen and oxygen atoms in total. The van der Waals surface area contributed by atoms with E-state index in [0.717, 1.165) is 4.96 Å². The van der Waals surface area contributed by atoms with Gasteiger partial charge in [-0.05, 0) is 13.0 Å². The number of imidazole rings is 1. The zero-order valence-electron chi connectivity index (χ0n) is 10.6. The standard InChI is InChI=1S/C12H14ClN3O2S/c1-8(17)7-15(2)10(18)4-3-9-11(13)14-12-16(9)5-6-19-12/h3-6,8,17H,7H2,1-2H3/b4-3+. The Morgan fingerprint density at radius 1 is 1.74 bits per heavy atom. The van der Waals surface area contributed by atoms with E-state index in [1.165, 1.54) is 22.3 Å². The van der Waals surface area contributed by atoms with Crippen molar-refractivity contribution in [3.05, 3.63) is 28.5 Å². The predicted octanol–water partition coefficient (Wildman–Crippen LogP) is 1.90. The van der Waals surface area contributed by atoms with E-state index in [4.69, 9.17) is 11.6 Å². The molecule has 2 aromatic heterocycles. The molecule has 2 rings (SSSR count). The predicted molar refractivity (Wildman–Crippen MR) is 76.4 cm³/mol. The number of aliphatic hydroxyl groups is 1. The second-order valence-electron chi connectivity index (χ2n) is 4.24. The monoisotopic (exact) mass is 299 g/mol. The fourth-order valence-corrected chi connectivity index (χ4v) is 2.69. The first-order chi connectivity index (χ1) is 8.99. The van der Waals surface area contributed by atoms with E-state index in [1.54, 1.807) is 20.0 Å². The van der Waals surface area contributed by atoms with Crippen LogP contribution in [0.5, 0.6) is 0 Å². The number of halogens is 1. The van der Waals surface area contributed by atoms with Crippen molar-refractivity contribution in [2.75, 3.05) is 13.6 Å². The molecule has 0 saturated heterocycles. The highest BCUT2D eigenvalue weighted by molar-refractivity contribution is 7.15. The van der Waals surface area contributed by atoms with Crippen molar-refractivity contribution in [2.45, 2.75) is 13.0 Å². The van der Waals surface area contributed by atoms with Gasteiger partial charge >= 0.3 is 0 Å². The molecule has 102 valence electrons. The third-order valence-electron chi connectivity index (χ3n) is 2.55. The second kappa shape index (κ2) is 5.73. The number of carbonyl (C=O) groups is 1. The van der Waals surface area contributed by atoms with Crippen molar-refractivity contribution in [2.24, 2.45) is 0 Å². The van der Waals surface area contributed by atoms with Gasteiger partial charge in [-0.2, -0.15) is 0 Å². The van der Waals surface area contributed by atoms with Crippen LogP contribution >= 0.6 is 22.9 Å². The van der Waals surface area contributed by atoms with Crippen LogP contribution in [0.3, 0.4) is 0 Å². The minimum atomic E-state index is -0.551. The van der Waals surface area contributed by atoms with Gasteiger partial charge in [0.15, 0.2) is 10.1 Å². The summed E-state index contributed by atoms with van der Waals surface area (Å²) in [5.74, 6) is -0.192. The molecule has 0 aliphatic rings. The molecule has 19 heavy (non-hydrogen) atoms. The summed E-state index contributed by atoms with van der Waals surface area (Å²) in [5, 5.41) is 11.5. The molecule has 2 heterocycles. The number of carbonyl (C=O) groups excluding carboxylic acids is 1. The number of hydrogen-bond donors (Lipinski definition) is 1. The number of thiazole rings is 1. The Morgan fingerprint density at radius 2 is 2.47 bits per heavy atom. The van der Waals surface area contributed by atoms with Gasteiger partial charge in [0, 0.05) is 31.2 Å². The van der Waals surface area contributed by atoms with Gasteiger partial charge < -0.3 is 10.0 Å². The molecule has 1 atom stereocenters. The Kier molecular flexibility index (Phi) is 4.24. The lowest BCUT2D eigenvalue weighted by Gasteiger charge is -2.16. The topological polar surface area (TPSA) is 57.8 Å². The van der Waals surface area contributed by atoms with E-state index in [9.17, 15) is 9.90 Å². The first kappa shape index (κ1) is 14.0. The van der Waals surface area contributed by atoms with Gasteiger partial charge in [0.1, 0.15) is 0 Å². The first-order valence-corrected chi connectivity index (χ1v) is 6.97. The van der Waals surface area contributed by atoms with Gasteiger partial charge in [-0.25, -0.2) is 4.98 Å². The Labute approximate surface area is 119 Å². The molecule has 1 N–H and O–H groups in total. The van der Waals surface area contributed by atoms with Crippen molar-refractivity contribution in [1.29, 1.82) is 0 Å². The molecule has 0 aromatic carbocycles. The zero-order valence-corrected chi connectivity index (χ0v) is 12.1. The Hall–Kier alpha value is -1.37. The summed E-state index contributed by atoms with van der Waals surface area (Å²) in [6.45, 7) is 1.92. The molecular weight excluding hydrogens is 286 g/mol. The largest absolute Gasteiger partial charge is 0.392 e. The van der Waals surface area contributed by atoms with Crippen LogP contribution in [0.4, 0.5) is 0 Å². The summed E-state index contributed by atoms with van der Waals surface area (Å²) in [4.78, 5) is 18.2. The number of amides is 1. The average molecular weight is 300 g/mol. The lowest BCUT2D eigenvalue weighted by molar-refractivity contribution is -0.125. The molecule has 0 spiro atoms. The minimum absolute atomic E-state index is 0.192. The van der Waals surface area contributed by atoms with Crippen molar-refractivity contribution in [1.82, 2.24) is 14.3 Å². The van der Waals surface area contributed by atoms with Gasteiger partial charge in [0.2, 0.25) is 5.91 Å². The molecule has 0 saturated carbocycles. The second-order valence-corrected chi connectivity index (χ2v) is 5.48. The Morgan fingerprint density at radius 3 is 3.16 bits per heavy atom. The molecule has 0 aliphatic heterocycles. The number of likely N-dealkylation sites (N-methyl/N-ethyl adjacent to an activating group) is 1. The molecule has 0 radical (unpaired) electrons. The molecule has 7 heteroatoms. The summed E-state index contributed by atoms with van der Waals surface area (Å²) in [7, 11) is 1.64. The smallest absolute Gasteiger partial charge is 0.246 e. The summed E-state index contributed by atoms with van der Waals surface area (Å²) in [6.07, 6.45) is 4.36. The summed E-state index contributed by atoms with van der Waals surface area (Å²) < 4.78 is 1.82. The summed E-state index contributed by atoms with van der Waals surface area (Å²) >= 11 is 7.49. The summed E-state index contributed by atoms with van der Waals surface area (Å²) in [6, 6.07) is 0. The SMILES string of the molecule is CC(O)CN(C)C(=O)/C=C/c1c(Cl)nc2sccn12. The third kappa shape index (κ3) is 3.15. The highest BCUT2D eigenvalue weighted by atomic mass is 35.5. The van der Waals surface area contributed by atoms with E-state index < -0.39 is 6.10 Å². The summed E-state index contributed by atoms with van der Waals surface area (Å²) in [5.41, 5.74) is 0.678. The molecule has 0 fully saturated rings. The fraction of sp³-hybridized carbons (Fsp3) is 0.333. The number of rotatable bonds is 4. The zero-order chi connectivity index (χ0) is 14.0. The van der Waals surface area contributed by atoms with Gasteiger partial charge in [0.25, 0.3) is 0 Å². The highest BCUT2D eigenvalue weighted by Gasteiger charge is 2.11. The number of hydrogen-bond acceptors (Lipinski definition) is 4. The van der Waals surface area contributed by atoms with Crippen molar-refractivity contribution >= 4 is 39.9 Å². The Bertz CT molecular complexity index is 618. The maximum absolute atomic E-state index is 11.8. The maximum atomic E-state index is 11.8. The van der Waals surface area contributed by atoms with Crippen LogP contribution in [0.15, 0.2) is 17.7 Å². The fourth-order valence-electron chi connectivity index (χ4n) is 1.69. The van der Waals surface area contributed by atoms with Crippen molar-refractivity contribution in [3.8, 4) is 0 Å². The van der Waals surface area contributed by atoms with Gasteiger partial charge in [-0.15, -0.1) is 11.3 Å². The van der Waals surface area contributed by atoms with Gasteiger partial charge in [-0.3, -0.25) is 9.20 Å². The number of aromatic nitrogens is 2. The molecular formula is C12H14ClN3O2S. The molecule has 0 aliphatic carbocycles. The third-order valence-corrected chi connectivity index (χ3v) is 3.59. The lowest BCUT2D eigenvalue weighted by Crippen LogP contribution is -2.31. The normalized spacial score (nSPS) is 13.3. The van der Waals surface area contributed by atoms with Crippen LogP contribution in [0.25, 0.3) is 11.0 Å². The van der Waals surface area contributed by atoms with Crippen LogP contribution in [0.2, 0.25) is 5.15 Å². The number of fused-ring (bicyclic) bond motifs is 1. The number of nitrogens with zero attached hydrogens (tertiary/aromatic N) is 3. The quantitative estimate of drug-likeness (QED) is 0.877. The van der Waals surface area contributed by atoms with E-state index in [2.05, 4.69) is 4.98 Å². The first-order valence-electron chi connectivity index (χ1n) is 5.71. The molecule has 1 amide bonds. The highest BCUT2D eigenvalue weighted by Crippen LogP contribution is 2.22. The van der Waals surface area contributed by atoms with E-state index >= 15 is 0 Å². The van der Waals surface area contributed by atoms with Gasteiger partial charge in [-0.1, -0.05) is 11.6 Å². The average Bonchev–Trinajstić information content (AvgIpc) is 2.86. The van der Waals surface area contributed by atoms with Gasteiger partial charge in [0.05, 0.1) is 11.8 Å². The van der Waals surface area contributed by atoms with Crippen LogP contribution in [0.1, 0.15) is 12.6 Å². The van der Waals surface area contributed by atoms with Crippen LogP contribution in [-0.2, 0) is 4.79 Å². The van der Waals surface area contributed by atoms with E-state index in [1.807, 2.05) is 16.0 Å². The van der Waals surface area contributed by atoms with Crippen LogP contribution < -0.4 is 0 Å². The van der Waals surface area contributed by atoms with Crippen molar-refractivity contribution in [3.63, 3.8) is 0 Å². The van der Waals surface area contributed by atoms with Crippen molar-refractivity contribution < 1.29 is 9.90 Å². The molecule has 2 aromatic rings.